The van der Waals surface area contributed by atoms with Crippen molar-refractivity contribution in [2.24, 2.45) is 5.41 Å². The van der Waals surface area contributed by atoms with Crippen molar-refractivity contribution >= 4 is 28.2 Å². The Labute approximate surface area is 110 Å². The van der Waals surface area contributed by atoms with E-state index in [0.717, 1.165) is 17.0 Å². The summed E-state index contributed by atoms with van der Waals surface area (Å²) in [5.74, 6) is 0.0482. The fourth-order valence-corrected chi connectivity index (χ4v) is 2.94. The second-order valence-corrected chi connectivity index (χ2v) is 6.42. The van der Waals surface area contributed by atoms with E-state index in [1.54, 1.807) is 7.05 Å². The smallest absolute Gasteiger partial charge is 0.237 e. The predicted molar refractivity (Wildman–Crippen MR) is 70.6 cm³/mol. The monoisotopic (exact) mass is 267 g/mol. The number of ketones is 1. The van der Waals surface area contributed by atoms with Crippen LogP contribution in [-0.2, 0) is 11.2 Å². The van der Waals surface area contributed by atoms with Gasteiger partial charge in [-0.05, 0) is 11.8 Å². The van der Waals surface area contributed by atoms with Gasteiger partial charge in [0.05, 0.1) is 10.6 Å². The number of anilines is 1. The minimum absolute atomic E-state index is 0.0259. The number of Topliss-reactive ketones (excluding diaryl/α,β-unsaturated/α-hetero) is 1. The molecular formula is C12H17N3O2S. The van der Waals surface area contributed by atoms with Gasteiger partial charge < -0.3 is 0 Å². The summed E-state index contributed by atoms with van der Waals surface area (Å²) < 4.78 is 0. The van der Waals surface area contributed by atoms with Crippen LogP contribution >= 0.6 is 11.3 Å². The van der Waals surface area contributed by atoms with Crippen LogP contribution < -0.4 is 5.43 Å². The van der Waals surface area contributed by atoms with Gasteiger partial charge in [0.2, 0.25) is 11.0 Å². The van der Waals surface area contributed by atoms with Crippen LogP contribution in [0.15, 0.2) is 0 Å². The van der Waals surface area contributed by atoms with E-state index >= 15 is 0 Å². The number of rotatable bonds is 2. The number of fused-ring (bicyclic) bond motifs is 1. The number of amides is 1. The third-order valence-electron chi connectivity index (χ3n) is 2.97. The van der Waals surface area contributed by atoms with Crippen molar-refractivity contribution in [2.45, 2.75) is 33.6 Å². The lowest BCUT2D eigenvalue weighted by molar-refractivity contribution is -0.126. The Morgan fingerprint density at radius 2 is 2.11 bits per heavy atom. The molecule has 18 heavy (non-hydrogen) atoms. The zero-order valence-electron chi connectivity index (χ0n) is 11.0. The lowest BCUT2D eigenvalue weighted by atomic mass is 9.78. The second kappa shape index (κ2) is 4.35. The van der Waals surface area contributed by atoms with Crippen molar-refractivity contribution in [1.29, 1.82) is 0 Å². The number of nitrogens with zero attached hydrogens (tertiary/aromatic N) is 2. The molecule has 0 saturated heterocycles. The number of thiazole rings is 1. The van der Waals surface area contributed by atoms with Crippen LogP contribution in [0.3, 0.4) is 0 Å². The highest BCUT2D eigenvalue weighted by molar-refractivity contribution is 7.17. The van der Waals surface area contributed by atoms with Crippen LogP contribution in [0, 0.1) is 5.41 Å². The first-order chi connectivity index (χ1) is 8.28. The van der Waals surface area contributed by atoms with Gasteiger partial charge in [-0.15, -0.1) is 0 Å². The summed E-state index contributed by atoms with van der Waals surface area (Å²) in [6.07, 6.45) is 1.36. The topological polar surface area (TPSA) is 62.3 Å². The molecule has 1 aromatic heterocycles. The molecule has 1 aliphatic carbocycles. The molecule has 0 saturated carbocycles. The number of carbonyl (C=O) groups excluding carboxylic acids is 2. The van der Waals surface area contributed by atoms with Gasteiger partial charge >= 0.3 is 0 Å². The minimum atomic E-state index is -0.102. The van der Waals surface area contributed by atoms with E-state index in [1.165, 1.54) is 23.3 Å². The summed E-state index contributed by atoms with van der Waals surface area (Å²) in [6.45, 7) is 5.61. The SMILES string of the molecule is CC(=O)N(C)Nc1nc2c(s1)C(=O)CC(C)(C)C2. The maximum absolute atomic E-state index is 12.0. The summed E-state index contributed by atoms with van der Waals surface area (Å²) in [5.41, 5.74) is 3.71. The number of hydrogen-bond acceptors (Lipinski definition) is 5. The highest BCUT2D eigenvalue weighted by Crippen LogP contribution is 2.38. The maximum Gasteiger partial charge on any atom is 0.237 e. The molecule has 5 nitrogen and oxygen atoms in total. The molecule has 1 aromatic rings. The van der Waals surface area contributed by atoms with E-state index in [9.17, 15) is 9.59 Å². The van der Waals surface area contributed by atoms with Crippen LogP contribution in [0.4, 0.5) is 5.13 Å². The molecule has 1 heterocycles. The minimum Gasteiger partial charge on any atom is -0.293 e. The Balaban J connectivity index is 2.24. The fraction of sp³-hybridized carbons (Fsp3) is 0.583. The lowest BCUT2D eigenvalue weighted by Crippen LogP contribution is -2.29. The molecule has 98 valence electrons. The van der Waals surface area contributed by atoms with Gasteiger partial charge in [0, 0.05) is 20.4 Å². The standard InChI is InChI=1S/C12H17N3O2S/c1-7(16)15(4)14-11-13-8-5-12(2,3)6-9(17)10(8)18-11/h5-6H2,1-4H3,(H,13,14). The molecule has 0 bridgehead atoms. The zero-order valence-corrected chi connectivity index (χ0v) is 11.8. The molecule has 0 radical (unpaired) electrons. The van der Waals surface area contributed by atoms with Crippen molar-refractivity contribution in [3.8, 4) is 0 Å². The predicted octanol–water partition coefficient (Wildman–Crippen LogP) is 2.10. The summed E-state index contributed by atoms with van der Waals surface area (Å²) >= 11 is 1.32. The molecule has 1 aliphatic rings. The molecular weight excluding hydrogens is 250 g/mol. The fourth-order valence-electron chi connectivity index (χ4n) is 1.99. The molecule has 2 rings (SSSR count). The molecule has 0 aromatic carbocycles. The van der Waals surface area contributed by atoms with E-state index in [0.29, 0.717) is 11.6 Å². The molecule has 0 fully saturated rings. The maximum atomic E-state index is 12.0. The van der Waals surface area contributed by atoms with Crippen LogP contribution in [0.1, 0.15) is 42.6 Å². The first-order valence-electron chi connectivity index (χ1n) is 5.82. The van der Waals surface area contributed by atoms with Gasteiger partial charge in [-0.1, -0.05) is 25.2 Å². The van der Waals surface area contributed by atoms with Gasteiger partial charge in [0.15, 0.2) is 5.78 Å². The highest BCUT2D eigenvalue weighted by atomic mass is 32.1. The number of hydrogen-bond donors (Lipinski definition) is 1. The van der Waals surface area contributed by atoms with Gasteiger partial charge in [0.1, 0.15) is 0 Å². The number of carbonyl (C=O) groups is 2. The Bertz CT molecular complexity index is 507. The Morgan fingerprint density at radius 1 is 1.44 bits per heavy atom. The number of aromatic nitrogens is 1. The zero-order chi connectivity index (χ0) is 13.5. The van der Waals surface area contributed by atoms with Gasteiger partial charge in [-0.25, -0.2) is 4.98 Å². The van der Waals surface area contributed by atoms with Crippen LogP contribution in [0.5, 0.6) is 0 Å². The summed E-state index contributed by atoms with van der Waals surface area (Å²) in [6, 6.07) is 0. The molecule has 0 unspecified atom stereocenters. The Morgan fingerprint density at radius 3 is 2.72 bits per heavy atom. The van der Waals surface area contributed by atoms with Gasteiger partial charge in [0.25, 0.3) is 0 Å². The first-order valence-corrected chi connectivity index (χ1v) is 6.64. The Kier molecular flexibility index (Phi) is 3.14. The van der Waals surface area contributed by atoms with E-state index in [4.69, 9.17) is 0 Å². The largest absolute Gasteiger partial charge is 0.293 e. The van der Waals surface area contributed by atoms with Crippen molar-refractivity contribution < 1.29 is 9.59 Å². The van der Waals surface area contributed by atoms with E-state index in [-0.39, 0.29) is 17.1 Å². The third-order valence-corrected chi connectivity index (χ3v) is 4.01. The average molecular weight is 267 g/mol. The molecule has 0 spiro atoms. The summed E-state index contributed by atoms with van der Waals surface area (Å²) in [5, 5.41) is 1.96. The lowest BCUT2D eigenvalue weighted by Gasteiger charge is -2.26. The molecule has 6 heteroatoms. The van der Waals surface area contributed by atoms with Crippen LogP contribution in [0.2, 0.25) is 0 Å². The summed E-state index contributed by atoms with van der Waals surface area (Å²) in [4.78, 5) is 28.3. The van der Waals surface area contributed by atoms with Gasteiger partial charge in [-0.2, -0.15) is 0 Å². The molecule has 1 N–H and O–H groups in total. The van der Waals surface area contributed by atoms with Crippen molar-refractivity contribution in [1.82, 2.24) is 9.99 Å². The molecule has 0 atom stereocenters. The Hall–Kier alpha value is -1.43. The summed E-state index contributed by atoms with van der Waals surface area (Å²) in [7, 11) is 1.63. The van der Waals surface area contributed by atoms with Crippen molar-refractivity contribution in [2.75, 3.05) is 12.5 Å². The van der Waals surface area contributed by atoms with E-state index < -0.39 is 0 Å². The number of nitrogens with one attached hydrogen (secondary N) is 1. The van der Waals surface area contributed by atoms with Crippen LogP contribution in [-0.4, -0.2) is 28.7 Å². The third kappa shape index (κ3) is 2.53. The highest BCUT2D eigenvalue weighted by Gasteiger charge is 2.34. The average Bonchev–Trinajstić information content (AvgIpc) is 2.58. The van der Waals surface area contributed by atoms with Crippen molar-refractivity contribution in [3.63, 3.8) is 0 Å². The first kappa shape index (κ1) is 13.0. The van der Waals surface area contributed by atoms with Crippen molar-refractivity contribution in [3.05, 3.63) is 10.6 Å². The van der Waals surface area contributed by atoms with Crippen LogP contribution in [0.25, 0.3) is 0 Å². The van der Waals surface area contributed by atoms with E-state index in [1.807, 2.05) is 0 Å². The van der Waals surface area contributed by atoms with E-state index in [2.05, 4.69) is 24.3 Å². The van der Waals surface area contributed by atoms with Gasteiger partial charge in [-0.3, -0.25) is 20.0 Å². The normalized spacial score (nSPS) is 17.2. The molecule has 1 amide bonds. The number of hydrazine groups is 1. The quantitative estimate of drug-likeness (QED) is 0.834. The molecule has 0 aliphatic heterocycles. The second-order valence-electron chi connectivity index (χ2n) is 5.43.